The smallest absolute Gasteiger partial charge is 0.337 e. The van der Waals surface area contributed by atoms with Crippen molar-refractivity contribution in [3.63, 3.8) is 0 Å². The topological polar surface area (TPSA) is 49.8 Å². The van der Waals surface area contributed by atoms with E-state index < -0.39 is 0 Å². The van der Waals surface area contributed by atoms with Crippen LogP contribution >= 0.6 is 0 Å². The molecule has 0 fully saturated rings. The van der Waals surface area contributed by atoms with E-state index in [2.05, 4.69) is 4.74 Å². The largest absolute Gasteiger partial charge is 0.465 e. The quantitative estimate of drug-likeness (QED) is 0.755. The number of nitrogens with zero attached hydrogens (tertiary/aromatic N) is 1. The van der Waals surface area contributed by atoms with Crippen LogP contribution in [0.4, 0.5) is 5.69 Å². The molecular weight excluding hydrogens is 194 g/mol. The highest BCUT2D eigenvalue weighted by Gasteiger charge is 2.10. The maximum atomic E-state index is 11.3. The lowest BCUT2D eigenvalue weighted by molar-refractivity contribution is 0.0600. The van der Waals surface area contributed by atoms with E-state index in [1.165, 1.54) is 7.11 Å². The van der Waals surface area contributed by atoms with Gasteiger partial charge in [0.2, 0.25) is 0 Å². The van der Waals surface area contributed by atoms with Gasteiger partial charge >= 0.3 is 5.97 Å². The Morgan fingerprint density at radius 1 is 1.47 bits per heavy atom. The number of methoxy groups -OCH3 is 1. The predicted molar refractivity (Wildman–Crippen MR) is 58.0 cm³/mol. The van der Waals surface area contributed by atoms with Crippen molar-refractivity contribution < 1.29 is 14.6 Å². The fourth-order valence-electron chi connectivity index (χ4n) is 1.36. The van der Waals surface area contributed by atoms with E-state index in [1.54, 1.807) is 18.2 Å². The fourth-order valence-corrected chi connectivity index (χ4v) is 1.36. The van der Waals surface area contributed by atoms with Gasteiger partial charge in [-0.2, -0.15) is 0 Å². The van der Waals surface area contributed by atoms with E-state index >= 15 is 0 Å². The molecule has 0 radical (unpaired) electrons. The summed E-state index contributed by atoms with van der Waals surface area (Å²) < 4.78 is 4.62. The lowest BCUT2D eigenvalue weighted by atomic mass is 10.1. The molecule has 0 saturated heterocycles. The Morgan fingerprint density at radius 2 is 2.13 bits per heavy atom. The van der Waals surface area contributed by atoms with Crippen molar-refractivity contribution in [1.29, 1.82) is 0 Å². The van der Waals surface area contributed by atoms with Gasteiger partial charge in [-0.05, 0) is 12.1 Å². The van der Waals surface area contributed by atoms with E-state index in [0.717, 1.165) is 11.3 Å². The van der Waals surface area contributed by atoms with Crippen LogP contribution < -0.4 is 4.90 Å². The molecule has 0 bridgehead atoms. The maximum Gasteiger partial charge on any atom is 0.337 e. The summed E-state index contributed by atoms with van der Waals surface area (Å²) in [6.07, 6.45) is 0. The van der Waals surface area contributed by atoms with E-state index in [-0.39, 0.29) is 12.6 Å². The Kier molecular flexibility index (Phi) is 3.68. The summed E-state index contributed by atoms with van der Waals surface area (Å²) in [5, 5.41) is 9.11. The lowest BCUT2D eigenvalue weighted by Crippen LogP contribution is -2.13. The van der Waals surface area contributed by atoms with E-state index in [0.29, 0.717) is 5.56 Å². The number of esters is 1. The Labute approximate surface area is 89.1 Å². The van der Waals surface area contributed by atoms with Gasteiger partial charge in [0.15, 0.2) is 0 Å². The first kappa shape index (κ1) is 11.5. The van der Waals surface area contributed by atoms with Gasteiger partial charge in [0.05, 0.1) is 19.3 Å². The predicted octanol–water partition coefficient (Wildman–Crippen LogP) is 1.03. The summed E-state index contributed by atoms with van der Waals surface area (Å²) in [5.41, 5.74) is 2.09. The van der Waals surface area contributed by atoms with Gasteiger partial charge < -0.3 is 14.7 Å². The number of anilines is 1. The molecule has 0 unspecified atom stereocenters. The first-order chi connectivity index (χ1) is 7.10. The summed E-state index contributed by atoms with van der Waals surface area (Å²) in [6.45, 7) is -0.0467. The van der Waals surface area contributed by atoms with Gasteiger partial charge in [-0.25, -0.2) is 4.79 Å². The molecule has 0 amide bonds. The molecule has 0 aliphatic rings. The Balaban J connectivity index is 3.16. The number of ether oxygens (including phenoxy) is 1. The normalized spacial score (nSPS) is 9.87. The second kappa shape index (κ2) is 4.79. The number of aliphatic hydroxyl groups excluding tert-OH is 1. The number of benzene rings is 1. The number of carbonyl (C=O) groups is 1. The maximum absolute atomic E-state index is 11.3. The molecule has 1 aromatic carbocycles. The number of hydrogen-bond donors (Lipinski definition) is 1. The average Bonchev–Trinajstić information content (AvgIpc) is 2.27. The van der Waals surface area contributed by atoms with Crippen molar-refractivity contribution >= 4 is 11.7 Å². The molecule has 0 aromatic heterocycles. The molecule has 4 heteroatoms. The van der Waals surface area contributed by atoms with Crippen LogP contribution in [0.15, 0.2) is 18.2 Å². The molecule has 0 atom stereocenters. The molecule has 0 heterocycles. The van der Waals surface area contributed by atoms with Crippen molar-refractivity contribution in [1.82, 2.24) is 0 Å². The third-order valence-corrected chi connectivity index (χ3v) is 2.16. The number of rotatable bonds is 3. The minimum atomic E-state index is -0.373. The SMILES string of the molecule is COC(=O)c1ccc(CO)c(N(C)C)c1. The van der Waals surface area contributed by atoms with Crippen LogP contribution in [0.2, 0.25) is 0 Å². The third kappa shape index (κ3) is 2.47. The molecule has 0 spiro atoms. The fraction of sp³-hybridized carbons (Fsp3) is 0.364. The van der Waals surface area contributed by atoms with Crippen molar-refractivity contribution in [2.75, 3.05) is 26.1 Å². The second-order valence-electron chi connectivity index (χ2n) is 3.39. The molecular formula is C11H15NO3. The Morgan fingerprint density at radius 3 is 2.60 bits per heavy atom. The minimum Gasteiger partial charge on any atom is -0.465 e. The zero-order valence-electron chi connectivity index (χ0n) is 9.15. The highest BCUT2D eigenvalue weighted by atomic mass is 16.5. The van der Waals surface area contributed by atoms with Gasteiger partial charge in [0.25, 0.3) is 0 Å². The lowest BCUT2D eigenvalue weighted by Gasteiger charge is -2.17. The van der Waals surface area contributed by atoms with Crippen LogP contribution in [-0.2, 0) is 11.3 Å². The zero-order chi connectivity index (χ0) is 11.4. The Bertz CT molecular complexity index is 361. The van der Waals surface area contributed by atoms with Crippen LogP contribution in [0.5, 0.6) is 0 Å². The first-order valence-corrected chi connectivity index (χ1v) is 4.59. The second-order valence-corrected chi connectivity index (χ2v) is 3.39. The van der Waals surface area contributed by atoms with Gasteiger partial charge in [0.1, 0.15) is 0 Å². The van der Waals surface area contributed by atoms with E-state index in [1.807, 2.05) is 19.0 Å². The Hall–Kier alpha value is -1.55. The van der Waals surface area contributed by atoms with E-state index in [4.69, 9.17) is 5.11 Å². The van der Waals surface area contributed by atoms with Gasteiger partial charge in [-0.3, -0.25) is 0 Å². The number of carbonyl (C=O) groups excluding carboxylic acids is 1. The van der Waals surface area contributed by atoms with Crippen LogP contribution in [0, 0.1) is 0 Å². The highest BCUT2D eigenvalue weighted by molar-refractivity contribution is 5.90. The van der Waals surface area contributed by atoms with Crippen molar-refractivity contribution in [2.24, 2.45) is 0 Å². The molecule has 4 nitrogen and oxygen atoms in total. The summed E-state index contributed by atoms with van der Waals surface area (Å²) in [4.78, 5) is 13.1. The molecule has 0 saturated carbocycles. The molecule has 15 heavy (non-hydrogen) atoms. The highest BCUT2D eigenvalue weighted by Crippen LogP contribution is 2.20. The molecule has 1 N–H and O–H groups in total. The van der Waals surface area contributed by atoms with Crippen LogP contribution in [0.25, 0.3) is 0 Å². The molecule has 0 aliphatic carbocycles. The van der Waals surface area contributed by atoms with Crippen molar-refractivity contribution in [3.8, 4) is 0 Å². The number of aliphatic hydroxyl groups is 1. The average molecular weight is 209 g/mol. The number of hydrogen-bond acceptors (Lipinski definition) is 4. The summed E-state index contributed by atoms with van der Waals surface area (Å²) in [6, 6.07) is 5.07. The van der Waals surface area contributed by atoms with Gasteiger partial charge in [0, 0.05) is 25.3 Å². The summed E-state index contributed by atoms with van der Waals surface area (Å²) in [5.74, 6) is -0.373. The monoisotopic (exact) mass is 209 g/mol. The molecule has 0 aliphatic heterocycles. The van der Waals surface area contributed by atoms with Gasteiger partial charge in [-0.15, -0.1) is 0 Å². The minimum absolute atomic E-state index is 0.0467. The van der Waals surface area contributed by atoms with Crippen LogP contribution in [0.3, 0.4) is 0 Å². The summed E-state index contributed by atoms with van der Waals surface area (Å²) in [7, 11) is 5.06. The van der Waals surface area contributed by atoms with Crippen molar-refractivity contribution in [3.05, 3.63) is 29.3 Å². The third-order valence-electron chi connectivity index (χ3n) is 2.16. The summed E-state index contributed by atoms with van der Waals surface area (Å²) >= 11 is 0. The van der Waals surface area contributed by atoms with Crippen molar-refractivity contribution in [2.45, 2.75) is 6.61 Å². The molecule has 1 aromatic rings. The van der Waals surface area contributed by atoms with Gasteiger partial charge in [-0.1, -0.05) is 6.07 Å². The van der Waals surface area contributed by atoms with Crippen LogP contribution in [0.1, 0.15) is 15.9 Å². The molecule has 1 rings (SSSR count). The standard InChI is InChI=1S/C11H15NO3/c1-12(2)10-6-8(11(14)15-3)4-5-9(10)7-13/h4-6,13H,7H2,1-3H3. The zero-order valence-corrected chi connectivity index (χ0v) is 9.15. The molecule has 82 valence electrons. The van der Waals surface area contributed by atoms with Crippen LogP contribution in [-0.4, -0.2) is 32.3 Å². The first-order valence-electron chi connectivity index (χ1n) is 4.59. The van der Waals surface area contributed by atoms with E-state index in [9.17, 15) is 4.79 Å².